The SMILES string of the molecule is Cc1c(C(=O)N(C)Cc2ccon2)sc2ncnc(NCc3ccc4c(c3)OCO4)c12. The molecule has 31 heavy (non-hydrogen) atoms. The number of amides is 1. The third kappa shape index (κ3) is 3.66. The van der Waals surface area contributed by atoms with Crippen molar-refractivity contribution in [2.75, 3.05) is 19.2 Å². The van der Waals surface area contributed by atoms with E-state index in [4.69, 9.17) is 14.0 Å². The zero-order valence-corrected chi connectivity index (χ0v) is 17.7. The molecule has 0 spiro atoms. The van der Waals surface area contributed by atoms with E-state index in [1.54, 1.807) is 18.0 Å². The number of aromatic nitrogens is 3. The van der Waals surface area contributed by atoms with Gasteiger partial charge in [0.15, 0.2) is 11.5 Å². The second-order valence-electron chi connectivity index (χ2n) is 7.15. The van der Waals surface area contributed by atoms with Gasteiger partial charge in [-0.15, -0.1) is 11.3 Å². The zero-order valence-electron chi connectivity index (χ0n) is 16.9. The van der Waals surface area contributed by atoms with Gasteiger partial charge in [-0.25, -0.2) is 9.97 Å². The maximum atomic E-state index is 13.0. The zero-order chi connectivity index (χ0) is 21.4. The lowest BCUT2D eigenvalue weighted by Gasteiger charge is -2.15. The molecule has 0 saturated carbocycles. The number of hydrogen-bond donors (Lipinski definition) is 1. The number of nitrogens with one attached hydrogen (secondary N) is 1. The predicted molar refractivity (Wildman–Crippen MR) is 114 cm³/mol. The first-order valence-electron chi connectivity index (χ1n) is 9.61. The smallest absolute Gasteiger partial charge is 0.264 e. The highest BCUT2D eigenvalue weighted by molar-refractivity contribution is 7.20. The van der Waals surface area contributed by atoms with Gasteiger partial charge in [-0.1, -0.05) is 11.2 Å². The van der Waals surface area contributed by atoms with E-state index in [0.29, 0.717) is 29.5 Å². The van der Waals surface area contributed by atoms with Crippen molar-refractivity contribution in [1.82, 2.24) is 20.0 Å². The fraction of sp³-hybridized carbons (Fsp3) is 0.238. The van der Waals surface area contributed by atoms with Gasteiger partial charge in [0.2, 0.25) is 6.79 Å². The Balaban J connectivity index is 1.38. The lowest BCUT2D eigenvalue weighted by Crippen LogP contribution is -2.26. The third-order valence-corrected chi connectivity index (χ3v) is 6.24. The molecular weight excluding hydrogens is 418 g/mol. The monoisotopic (exact) mass is 437 g/mol. The van der Waals surface area contributed by atoms with Crippen molar-refractivity contribution in [2.24, 2.45) is 0 Å². The number of benzene rings is 1. The van der Waals surface area contributed by atoms with Gasteiger partial charge in [-0.2, -0.15) is 0 Å². The van der Waals surface area contributed by atoms with Gasteiger partial charge in [0.05, 0.1) is 16.8 Å². The molecule has 5 rings (SSSR count). The van der Waals surface area contributed by atoms with Crippen LogP contribution in [0.3, 0.4) is 0 Å². The van der Waals surface area contributed by atoms with Crippen LogP contribution in [-0.4, -0.2) is 39.8 Å². The summed E-state index contributed by atoms with van der Waals surface area (Å²) >= 11 is 1.36. The summed E-state index contributed by atoms with van der Waals surface area (Å²) in [6, 6.07) is 7.56. The fourth-order valence-electron chi connectivity index (χ4n) is 3.45. The van der Waals surface area contributed by atoms with Crippen LogP contribution in [0.1, 0.15) is 26.5 Å². The first kappa shape index (κ1) is 19.3. The van der Waals surface area contributed by atoms with Crippen molar-refractivity contribution >= 4 is 33.3 Å². The lowest BCUT2D eigenvalue weighted by molar-refractivity contribution is 0.0786. The highest BCUT2D eigenvalue weighted by Crippen LogP contribution is 2.35. The molecule has 1 aliphatic rings. The van der Waals surface area contributed by atoms with Gasteiger partial charge < -0.3 is 24.2 Å². The summed E-state index contributed by atoms with van der Waals surface area (Å²) in [4.78, 5) is 24.8. The van der Waals surface area contributed by atoms with E-state index >= 15 is 0 Å². The van der Waals surface area contributed by atoms with Crippen LogP contribution >= 0.6 is 11.3 Å². The highest BCUT2D eigenvalue weighted by atomic mass is 32.1. The van der Waals surface area contributed by atoms with E-state index in [2.05, 4.69) is 20.4 Å². The van der Waals surface area contributed by atoms with Crippen LogP contribution in [0.2, 0.25) is 0 Å². The van der Waals surface area contributed by atoms with Crippen LogP contribution in [0.5, 0.6) is 11.5 Å². The van der Waals surface area contributed by atoms with Crippen molar-refractivity contribution < 1.29 is 18.8 Å². The van der Waals surface area contributed by atoms with Crippen LogP contribution in [0.25, 0.3) is 10.2 Å². The van der Waals surface area contributed by atoms with Gasteiger partial charge in [0.25, 0.3) is 5.91 Å². The standard InChI is InChI=1S/C21H19N5O4S/c1-12-17-19(22-8-13-3-4-15-16(7-13)29-11-28-15)23-10-24-20(17)31-18(12)21(27)26(2)9-14-5-6-30-25-14/h3-7,10H,8-9,11H2,1-2H3,(H,22,23,24). The van der Waals surface area contributed by atoms with E-state index in [0.717, 1.165) is 32.8 Å². The van der Waals surface area contributed by atoms with Gasteiger partial charge in [0.1, 0.15) is 28.9 Å². The number of anilines is 1. The van der Waals surface area contributed by atoms with Gasteiger partial charge >= 0.3 is 0 Å². The number of fused-ring (bicyclic) bond motifs is 2. The summed E-state index contributed by atoms with van der Waals surface area (Å²) < 4.78 is 15.7. The molecule has 4 heterocycles. The Bertz CT molecular complexity index is 1250. The molecule has 1 aromatic carbocycles. The molecule has 1 aliphatic heterocycles. The van der Waals surface area contributed by atoms with Crippen molar-refractivity contribution in [3.05, 3.63) is 58.6 Å². The van der Waals surface area contributed by atoms with Crippen LogP contribution in [0.4, 0.5) is 5.82 Å². The number of hydrogen-bond acceptors (Lipinski definition) is 9. The van der Waals surface area contributed by atoms with E-state index in [-0.39, 0.29) is 12.7 Å². The molecule has 0 unspecified atom stereocenters. The van der Waals surface area contributed by atoms with Crippen molar-refractivity contribution in [1.29, 1.82) is 0 Å². The van der Waals surface area contributed by atoms with Crippen molar-refractivity contribution in [3.63, 3.8) is 0 Å². The number of aryl methyl sites for hydroxylation is 1. The molecule has 0 fully saturated rings. The summed E-state index contributed by atoms with van der Waals surface area (Å²) in [7, 11) is 1.74. The van der Waals surface area contributed by atoms with E-state index in [1.165, 1.54) is 23.9 Å². The second kappa shape index (κ2) is 7.88. The molecule has 158 valence electrons. The Morgan fingerprint density at radius 2 is 2.10 bits per heavy atom. The predicted octanol–water partition coefficient (Wildman–Crippen LogP) is 3.60. The molecule has 0 bridgehead atoms. The van der Waals surface area contributed by atoms with E-state index in [9.17, 15) is 4.79 Å². The van der Waals surface area contributed by atoms with Crippen molar-refractivity contribution in [3.8, 4) is 11.5 Å². The molecule has 9 nitrogen and oxygen atoms in total. The molecule has 1 amide bonds. The van der Waals surface area contributed by atoms with Gasteiger partial charge in [-0.3, -0.25) is 4.79 Å². The molecule has 0 saturated heterocycles. The van der Waals surface area contributed by atoms with Crippen LogP contribution in [0, 0.1) is 6.92 Å². The Hall–Kier alpha value is -3.66. The number of thiophene rings is 1. The first-order valence-corrected chi connectivity index (χ1v) is 10.4. The summed E-state index contributed by atoms with van der Waals surface area (Å²) in [6.45, 7) is 3.08. The maximum absolute atomic E-state index is 13.0. The fourth-order valence-corrected chi connectivity index (χ4v) is 4.60. The quantitative estimate of drug-likeness (QED) is 0.488. The van der Waals surface area contributed by atoms with Crippen LogP contribution in [-0.2, 0) is 13.1 Å². The van der Waals surface area contributed by atoms with Gasteiger partial charge in [0, 0.05) is 19.7 Å². The maximum Gasteiger partial charge on any atom is 0.264 e. The molecule has 0 atom stereocenters. The first-order chi connectivity index (χ1) is 15.1. The minimum Gasteiger partial charge on any atom is -0.454 e. The lowest BCUT2D eigenvalue weighted by atomic mass is 10.1. The molecule has 10 heteroatoms. The van der Waals surface area contributed by atoms with Crippen molar-refractivity contribution in [2.45, 2.75) is 20.0 Å². The Morgan fingerprint density at radius 3 is 2.94 bits per heavy atom. The summed E-state index contributed by atoms with van der Waals surface area (Å²) in [5, 5.41) is 8.09. The second-order valence-corrected chi connectivity index (χ2v) is 8.15. The van der Waals surface area contributed by atoms with E-state index < -0.39 is 0 Å². The average molecular weight is 437 g/mol. The molecule has 0 aliphatic carbocycles. The van der Waals surface area contributed by atoms with Crippen LogP contribution in [0.15, 0.2) is 41.4 Å². The number of carbonyl (C=O) groups excluding carboxylic acids is 1. The Labute approximate surface area is 181 Å². The normalized spacial score (nSPS) is 12.3. The highest BCUT2D eigenvalue weighted by Gasteiger charge is 2.22. The summed E-state index contributed by atoms with van der Waals surface area (Å²) in [5.41, 5.74) is 2.58. The molecule has 1 N–H and O–H groups in total. The number of rotatable bonds is 6. The number of nitrogens with zero attached hydrogens (tertiary/aromatic N) is 4. The molecule has 3 aromatic heterocycles. The van der Waals surface area contributed by atoms with E-state index in [1.807, 2.05) is 25.1 Å². The van der Waals surface area contributed by atoms with Gasteiger partial charge in [-0.05, 0) is 30.2 Å². The third-order valence-electron chi connectivity index (χ3n) is 5.06. The molecule has 4 aromatic rings. The molecule has 0 radical (unpaired) electrons. The van der Waals surface area contributed by atoms with Crippen LogP contribution < -0.4 is 14.8 Å². The minimum atomic E-state index is -0.0924. The Morgan fingerprint density at radius 1 is 1.23 bits per heavy atom. The largest absolute Gasteiger partial charge is 0.454 e. The minimum absolute atomic E-state index is 0.0924. The summed E-state index contributed by atoms with van der Waals surface area (Å²) in [6.07, 6.45) is 3.00. The average Bonchev–Trinajstić information content (AvgIpc) is 3.52. The topological polar surface area (TPSA) is 103 Å². The Kier molecular flexibility index (Phi) is 4.91. The number of carbonyl (C=O) groups is 1. The summed E-state index contributed by atoms with van der Waals surface area (Å²) in [5.74, 6) is 2.08. The number of ether oxygens (including phenoxy) is 2. The molecular formula is C21H19N5O4S.